The van der Waals surface area contributed by atoms with Gasteiger partial charge in [0, 0.05) is 13.1 Å². The topological polar surface area (TPSA) is 93.0 Å². The van der Waals surface area contributed by atoms with Crippen LogP contribution in [0.2, 0.25) is 0 Å². The summed E-state index contributed by atoms with van der Waals surface area (Å²) in [5, 5.41) is 14.2. The third-order valence-corrected chi connectivity index (χ3v) is 3.74. The van der Waals surface area contributed by atoms with Gasteiger partial charge in [0.15, 0.2) is 0 Å². The fourth-order valence-electron chi connectivity index (χ4n) is 1.70. The second kappa shape index (κ2) is 5.55. The molecular formula is C10H16N6O2S. The molecule has 1 saturated heterocycles. The number of hydrogen-bond acceptors (Lipinski definition) is 6. The van der Waals surface area contributed by atoms with E-state index in [-0.39, 0.29) is 18.0 Å². The molecule has 0 spiro atoms. The van der Waals surface area contributed by atoms with Crippen LogP contribution in [0.3, 0.4) is 0 Å². The van der Waals surface area contributed by atoms with E-state index < -0.39 is 5.25 Å². The van der Waals surface area contributed by atoms with Crippen molar-refractivity contribution in [2.24, 2.45) is 0 Å². The molecule has 1 aromatic rings. The number of rotatable bonds is 4. The number of hydrogen-bond donors (Lipinski definition) is 1. The zero-order valence-corrected chi connectivity index (χ0v) is 11.8. The van der Waals surface area contributed by atoms with Crippen LogP contribution in [0.1, 0.15) is 26.8 Å². The number of carbonyl (C=O) groups excluding carboxylic acids is 2. The molecular weight excluding hydrogens is 268 g/mol. The number of nitrogens with one attached hydrogen (secondary N) is 1. The van der Waals surface area contributed by atoms with Gasteiger partial charge in [-0.2, -0.15) is 0 Å². The lowest BCUT2D eigenvalue weighted by molar-refractivity contribution is -0.126. The van der Waals surface area contributed by atoms with Gasteiger partial charge in [-0.3, -0.25) is 9.69 Å². The number of nitrogens with zero attached hydrogens (tertiary/aromatic N) is 5. The summed E-state index contributed by atoms with van der Waals surface area (Å²) in [6, 6.07) is -0.212. The lowest BCUT2D eigenvalue weighted by atomic mass is 10.4. The number of imide groups is 1. The fourth-order valence-corrected chi connectivity index (χ4v) is 2.68. The van der Waals surface area contributed by atoms with E-state index in [1.807, 2.05) is 13.8 Å². The van der Waals surface area contributed by atoms with Crippen LogP contribution >= 0.6 is 11.8 Å². The van der Waals surface area contributed by atoms with Gasteiger partial charge >= 0.3 is 6.03 Å². The van der Waals surface area contributed by atoms with Gasteiger partial charge in [-0.25, -0.2) is 9.48 Å². The van der Waals surface area contributed by atoms with Crippen LogP contribution in [0, 0.1) is 0 Å². The highest BCUT2D eigenvalue weighted by molar-refractivity contribution is 8.00. The van der Waals surface area contributed by atoms with Gasteiger partial charge < -0.3 is 5.32 Å². The van der Waals surface area contributed by atoms with Crippen LogP contribution in [0.5, 0.6) is 0 Å². The Morgan fingerprint density at radius 2 is 2.16 bits per heavy atom. The van der Waals surface area contributed by atoms with E-state index >= 15 is 0 Å². The predicted octanol–water partition coefficient (Wildman–Crippen LogP) is 0.286. The van der Waals surface area contributed by atoms with E-state index in [0.29, 0.717) is 18.2 Å². The number of carbonyl (C=O) groups is 2. The molecule has 1 atom stereocenters. The molecule has 0 bridgehead atoms. The molecule has 1 aromatic heterocycles. The molecule has 3 amide bonds. The number of urea groups is 1. The van der Waals surface area contributed by atoms with Crippen LogP contribution in [-0.2, 0) is 4.79 Å². The maximum absolute atomic E-state index is 12.1. The van der Waals surface area contributed by atoms with Gasteiger partial charge in [-0.05, 0) is 31.2 Å². The summed E-state index contributed by atoms with van der Waals surface area (Å²) in [7, 11) is 0. The summed E-state index contributed by atoms with van der Waals surface area (Å²) in [6.45, 7) is 6.59. The van der Waals surface area contributed by atoms with Crippen molar-refractivity contribution < 1.29 is 9.59 Å². The monoisotopic (exact) mass is 284 g/mol. The average molecular weight is 284 g/mol. The number of amides is 3. The first-order valence-corrected chi connectivity index (χ1v) is 6.92. The minimum Gasteiger partial charge on any atom is -0.336 e. The van der Waals surface area contributed by atoms with E-state index in [1.54, 1.807) is 11.6 Å². The Kier molecular flexibility index (Phi) is 4.03. The van der Waals surface area contributed by atoms with Gasteiger partial charge in [0.05, 0.1) is 11.3 Å². The van der Waals surface area contributed by atoms with E-state index in [0.717, 1.165) is 0 Å². The van der Waals surface area contributed by atoms with Crippen molar-refractivity contribution in [3.63, 3.8) is 0 Å². The minimum atomic E-state index is -0.410. The molecule has 1 fully saturated rings. The Bertz CT molecular complexity index is 488. The van der Waals surface area contributed by atoms with Crippen LogP contribution < -0.4 is 5.32 Å². The quantitative estimate of drug-likeness (QED) is 0.799. The summed E-state index contributed by atoms with van der Waals surface area (Å²) in [4.78, 5) is 24.8. The molecule has 2 heterocycles. The van der Waals surface area contributed by atoms with Crippen LogP contribution in [0.25, 0.3) is 0 Å². The van der Waals surface area contributed by atoms with Crippen molar-refractivity contribution in [3.8, 4) is 0 Å². The summed E-state index contributed by atoms with van der Waals surface area (Å²) >= 11 is 1.26. The molecule has 1 unspecified atom stereocenters. The third kappa shape index (κ3) is 2.86. The maximum atomic E-state index is 12.1. The lowest BCUT2D eigenvalue weighted by Crippen LogP contribution is -2.39. The molecule has 0 saturated carbocycles. The van der Waals surface area contributed by atoms with E-state index in [4.69, 9.17) is 0 Å². The van der Waals surface area contributed by atoms with E-state index in [1.165, 1.54) is 16.7 Å². The molecule has 8 nitrogen and oxygen atoms in total. The molecule has 1 aliphatic rings. The van der Waals surface area contributed by atoms with Gasteiger partial charge in [0.1, 0.15) is 0 Å². The minimum absolute atomic E-state index is 0.120. The fraction of sp³-hybridized carbons (Fsp3) is 0.700. The Morgan fingerprint density at radius 1 is 1.42 bits per heavy atom. The smallest absolute Gasteiger partial charge is 0.324 e. The molecule has 1 aliphatic heterocycles. The summed E-state index contributed by atoms with van der Waals surface area (Å²) in [5.41, 5.74) is 0. The molecule has 0 aromatic carbocycles. The second-order valence-electron chi connectivity index (χ2n) is 4.48. The normalized spacial score (nSPS) is 16.8. The number of tetrazole rings is 1. The average Bonchev–Trinajstić information content (AvgIpc) is 2.96. The number of aromatic nitrogens is 4. The summed E-state index contributed by atoms with van der Waals surface area (Å²) in [5.74, 6) is -0.224. The highest BCUT2D eigenvalue weighted by Crippen LogP contribution is 2.24. The Labute approximate surface area is 114 Å². The molecule has 9 heteroatoms. The van der Waals surface area contributed by atoms with E-state index in [9.17, 15) is 9.59 Å². The van der Waals surface area contributed by atoms with Crippen molar-refractivity contribution >= 4 is 23.7 Å². The second-order valence-corrected chi connectivity index (χ2v) is 5.79. The van der Waals surface area contributed by atoms with Gasteiger partial charge in [0.25, 0.3) is 0 Å². The van der Waals surface area contributed by atoms with Crippen molar-refractivity contribution in [2.75, 3.05) is 13.1 Å². The molecule has 1 N–H and O–H groups in total. The molecule has 19 heavy (non-hydrogen) atoms. The molecule has 2 rings (SSSR count). The Hall–Kier alpha value is -1.64. The largest absolute Gasteiger partial charge is 0.336 e. The SMILES string of the molecule is CC(Sc1nnnn1C(C)C)C(=O)N1CCNC1=O. The Balaban J connectivity index is 2.04. The van der Waals surface area contributed by atoms with Gasteiger partial charge in [0.2, 0.25) is 11.1 Å². The first-order valence-electron chi connectivity index (χ1n) is 6.04. The van der Waals surface area contributed by atoms with Crippen molar-refractivity contribution in [1.82, 2.24) is 30.4 Å². The highest BCUT2D eigenvalue weighted by Gasteiger charge is 2.31. The van der Waals surface area contributed by atoms with Crippen molar-refractivity contribution in [2.45, 2.75) is 37.2 Å². The van der Waals surface area contributed by atoms with E-state index in [2.05, 4.69) is 20.8 Å². The summed E-state index contributed by atoms with van der Waals surface area (Å²) in [6.07, 6.45) is 0. The van der Waals surface area contributed by atoms with Crippen molar-refractivity contribution in [1.29, 1.82) is 0 Å². The first kappa shape index (κ1) is 13.8. The standard InChI is InChI=1S/C10H16N6O2S/c1-6(2)16-10(12-13-14-16)19-7(3)8(17)15-5-4-11-9(15)18/h6-7H,4-5H2,1-3H3,(H,11,18). The zero-order valence-electron chi connectivity index (χ0n) is 11.0. The molecule has 104 valence electrons. The van der Waals surface area contributed by atoms with Crippen molar-refractivity contribution in [3.05, 3.63) is 0 Å². The van der Waals surface area contributed by atoms with Crippen LogP contribution in [0.4, 0.5) is 4.79 Å². The zero-order chi connectivity index (χ0) is 14.0. The molecule has 0 radical (unpaired) electrons. The third-order valence-electron chi connectivity index (χ3n) is 2.70. The van der Waals surface area contributed by atoms with Crippen LogP contribution in [-0.4, -0.2) is 55.4 Å². The summed E-state index contributed by atoms with van der Waals surface area (Å²) < 4.78 is 1.65. The molecule has 0 aliphatic carbocycles. The predicted molar refractivity (Wildman–Crippen MR) is 68.6 cm³/mol. The highest BCUT2D eigenvalue weighted by atomic mass is 32.2. The Morgan fingerprint density at radius 3 is 2.74 bits per heavy atom. The first-order chi connectivity index (χ1) is 9.00. The number of thioether (sulfide) groups is 1. The van der Waals surface area contributed by atoms with Crippen LogP contribution in [0.15, 0.2) is 5.16 Å². The maximum Gasteiger partial charge on any atom is 0.324 e. The van der Waals surface area contributed by atoms with Gasteiger partial charge in [-0.1, -0.05) is 11.8 Å². The van der Waals surface area contributed by atoms with Gasteiger partial charge in [-0.15, -0.1) is 5.10 Å². The lowest BCUT2D eigenvalue weighted by Gasteiger charge is -2.17.